The van der Waals surface area contributed by atoms with Gasteiger partial charge in [0.2, 0.25) is 0 Å². The van der Waals surface area contributed by atoms with Crippen LogP contribution in [0.25, 0.3) is 11.8 Å². The molecule has 1 saturated heterocycles. The Morgan fingerprint density at radius 1 is 1.12 bits per heavy atom. The van der Waals surface area contributed by atoms with Gasteiger partial charge in [-0.15, -0.1) is 0 Å². The largest absolute Gasteiger partial charge is 0.467 e. The molecule has 0 radical (unpaired) electrons. The highest BCUT2D eigenvalue weighted by molar-refractivity contribution is 5.86. The summed E-state index contributed by atoms with van der Waals surface area (Å²) in [5.74, 6) is -2.86. The van der Waals surface area contributed by atoms with Crippen LogP contribution in [0.2, 0.25) is 0 Å². The van der Waals surface area contributed by atoms with Gasteiger partial charge < -0.3 is 18.9 Å². The van der Waals surface area contributed by atoms with Gasteiger partial charge in [-0.1, -0.05) is 12.5 Å². The molecule has 5 rings (SSSR count). The summed E-state index contributed by atoms with van der Waals surface area (Å²) in [7, 11) is 2.49. The average Bonchev–Trinajstić information content (AvgIpc) is 3.40. The van der Waals surface area contributed by atoms with Crippen molar-refractivity contribution in [2.75, 3.05) is 14.2 Å². The Bertz CT molecular complexity index is 1120. The van der Waals surface area contributed by atoms with E-state index < -0.39 is 35.3 Å². The molecule has 0 unspecified atom stereocenters. The quantitative estimate of drug-likeness (QED) is 0.656. The Balaban J connectivity index is 1.55. The second-order valence-electron chi connectivity index (χ2n) is 8.85. The van der Waals surface area contributed by atoms with Crippen molar-refractivity contribution < 1.29 is 32.9 Å². The lowest BCUT2D eigenvalue weighted by molar-refractivity contribution is -0.249. The van der Waals surface area contributed by atoms with Gasteiger partial charge in [0, 0.05) is 11.8 Å². The highest BCUT2D eigenvalue weighted by Crippen LogP contribution is 2.58. The van der Waals surface area contributed by atoms with Gasteiger partial charge in [0.1, 0.15) is 5.82 Å². The number of aromatic nitrogens is 2. The summed E-state index contributed by atoms with van der Waals surface area (Å²) in [5.41, 5.74) is 3.09. The average molecular weight is 456 g/mol. The van der Waals surface area contributed by atoms with Crippen LogP contribution >= 0.6 is 0 Å². The van der Waals surface area contributed by atoms with Gasteiger partial charge in [0.15, 0.2) is 18.0 Å². The van der Waals surface area contributed by atoms with E-state index in [1.807, 2.05) is 6.92 Å². The van der Waals surface area contributed by atoms with Crippen LogP contribution in [0, 0.1) is 11.2 Å². The molecular formula is C24H25FN2O6. The number of nitrogens with zero attached hydrogens (tertiary/aromatic N) is 2. The lowest BCUT2D eigenvalue weighted by Crippen LogP contribution is -2.54. The predicted octanol–water partition coefficient (Wildman–Crippen LogP) is 2.97. The predicted molar refractivity (Wildman–Crippen MR) is 114 cm³/mol. The zero-order valence-electron chi connectivity index (χ0n) is 18.7. The first kappa shape index (κ1) is 21.8. The van der Waals surface area contributed by atoms with E-state index in [1.165, 1.54) is 26.4 Å². The minimum atomic E-state index is -1.21. The smallest absolute Gasteiger partial charge is 0.338 e. The Morgan fingerprint density at radius 3 is 2.36 bits per heavy atom. The van der Waals surface area contributed by atoms with Gasteiger partial charge >= 0.3 is 11.9 Å². The minimum absolute atomic E-state index is 0.309. The second kappa shape index (κ2) is 7.78. The maximum atomic E-state index is 13.4. The van der Waals surface area contributed by atoms with Crippen molar-refractivity contribution in [1.82, 2.24) is 9.78 Å². The standard InChI is InChI=1S/C24H25FN2O6/c1-23-12-14-13-26-27(17-8-6-16(25)7-9-17)18(14)11-15(23)5-4-10-24(23)32-19(21(28)30-2)20(33-24)22(29)31-3/h6-9,11,13,19-20H,4-5,10,12H2,1-3H3/t19-,20-,23-/m0/s1. The molecule has 2 fully saturated rings. The fourth-order valence-electron chi connectivity index (χ4n) is 5.32. The molecule has 33 heavy (non-hydrogen) atoms. The lowest BCUT2D eigenvalue weighted by atomic mass is 9.62. The topological polar surface area (TPSA) is 88.9 Å². The molecule has 1 aromatic heterocycles. The van der Waals surface area contributed by atoms with Crippen molar-refractivity contribution in [3.05, 3.63) is 53.1 Å². The van der Waals surface area contributed by atoms with Gasteiger partial charge in [-0.2, -0.15) is 5.10 Å². The fourth-order valence-corrected chi connectivity index (χ4v) is 5.32. The summed E-state index contributed by atoms with van der Waals surface area (Å²) >= 11 is 0. The van der Waals surface area contributed by atoms with Crippen LogP contribution < -0.4 is 0 Å². The van der Waals surface area contributed by atoms with Gasteiger partial charge in [0.25, 0.3) is 0 Å². The molecule has 2 heterocycles. The Kier molecular flexibility index (Phi) is 5.13. The molecule has 9 heteroatoms. The van der Waals surface area contributed by atoms with Gasteiger partial charge in [-0.05, 0) is 55.2 Å². The van der Waals surface area contributed by atoms with Crippen LogP contribution in [-0.2, 0) is 35.0 Å². The second-order valence-corrected chi connectivity index (χ2v) is 8.85. The fraction of sp³-hybridized carbons (Fsp3) is 0.458. The number of carbonyl (C=O) groups excluding carboxylic acids is 2. The third kappa shape index (κ3) is 3.21. The van der Waals surface area contributed by atoms with E-state index in [9.17, 15) is 14.0 Å². The first-order chi connectivity index (χ1) is 15.8. The zero-order valence-corrected chi connectivity index (χ0v) is 18.7. The Hall–Kier alpha value is -3.04. The van der Waals surface area contributed by atoms with Crippen molar-refractivity contribution in [3.8, 4) is 5.69 Å². The number of ether oxygens (including phenoxy) is 4. The number of halogens is 1. The number of esters is 2. The van der Waals surface area contributed by atoms with Crippen molar-refractivity contribution in [1.29, 1.82) is 0 Å². The maximum absolute atomic E-state index is 13.4. The molecule has 8 nitrogen and oxygen atoms in total. The van der Waals surface area contributed by atoms with Crippen molar-refractivity contribution in [2.24, 2.45) is 5.41 Å². The van der Waals surface area contributed by atoms with Crippen LogP contribution in [0.5, 0.6) is 0 Å². The highest BCUT2D eigenvalue weighted by Gasteiger charge is 2.65. The van der Waals surface area contributed by atoms with E-state index in [0.717, 1.165) is 35.4 Å². The maximum Gasteiger partial charge on any atom is 0.338 e. The van der Waals surface area contributed by atoms with E-state index in [2.05, 4.69) is 11.2 Å². The molecule has 1 saturated carbocycles. The molecular weight excluding hydrogens is 431 g/mol. The number of carbonyl (C=O) groups is 2. The number of hydrogen-bond acceptors (Lipinski definition) is 7. The van der Waals surface area contributed by atoms with Crippen molar-refractivity contribution >= 4 is 18.0 Å². The Labute approximate surface area is 190 Å². The molecule has 3 atom stereocenters. The summed E-state index contributed by atoms with van der Waals surface area (Å²) in [6, 6.07) is 6.17. The molecule has 1 spiro atoms. The van der Waals surface area contributed by atoms with E-state index in [-0.39, 0.29) is 5.82 Å². The summed E-state index contributed by atoms with van der Waals surface area (Å²) in [6.07, 6.45) is 4.06. The monoisotopic (exact) mass is 456 g/mol. The number of fused-ring (bicyclic) bond motifs is 3. The van der Waals surface area contributed by atoms with E-state index >= 15 is 0 Å². The molecule has 0 N–H and O–H groups in total. The number of methoxy groups -OCH3 is 2. The molecule has 1 aromatic carbocycles. The van der Waals surface area contributed by atoms with Gasteiger partial charge in [0.05, 0.1) is 31.8 Å². The Morgan fingerprint density at radius 2 is 1.76 bits per heavy atom. The summed E-state index contributed by atoms with van der Waals surface area (Å²) in [4.78, 5) is 24.9. The SMILES string of the molecule is COC(=O)[C@H]1OC2(CCCC3=Cc4c(cnn4-c4ccc(F)cc4)C[C@@]32C)O[C@@H]1C(=O)OC. The number of rotatable bonds is 3. The number of hydrogen-bond donors (Lipinski definition) is 0. The summed E-state index contributed by atoms with van der Waals surface area (Å²) in [5, 5.41) is 4.53. The molecule has 174 valence electrons. The van der Waals surface area contributed by atoms with E-state index in [0.29, 0.717) is 12.8 Å². The normalized spacial score (nSPS) is 27.5. The number of benzene rings is 1. The lowest BCUT2D eigenvalue weighted by Gasteiger charge is -2.51. The molecule has 2 aromatic rings. The third-order valence-corrected chi connectivity index (χ3v) is 7.09. The molecule has 0 bridgehead atoms. The minimum Gasteiger partial charge on any atom is -0.467 e. The van der Waals surface area contributed by atoms with Crippen molar-refractivity contribution in [3.63, 3.8) is 0 Å². The first-order valence-electron chi connectivity index (χ1n) is 10.9. The van der Waals surface area contributed by atoms with E-state index in [1.54, 1.807) is 23.0 Å². The molecule has 1 aliphatic heterocycles. The van der Waals surface area contributed by atoms with Crippen molar-refractivity contribution in [2.45, 2.75) is 50.6 Å². The first-order valence-corrected chi connectivity index (χ1v) is 10.9. The van der Waals surface area contributed by atoms with Gasteiger partial charge in [-0.25, -0.2) is 18.7 Å². The third-order valence-electron chi connectivity index (χ3n) is 7.09. The molecule has 2 aliphatic carbocycles. The van der Waals surface area contributed by atoms with Gasteiger partial charge in [-0.3, -0.25) is 0 Å². The summed E-state index contributed by atoms with van der Waals surface area (Å²) in [6.45, 7) is 2.03. The van der Waals surface area contributed by atoms with Crippen LogP contribution in [-0.4, -0.2) is 53.9 Å². The molecule has 3 aliphatic rings. The van der Waals surface area contributed by atoms with Crippen LogP contribution in [0.3, 0.4) is 0 Å². The summed E-state index contributed by atoms with van der Waals surface area (Å²) < 4.78 is 37.5. The highest BCUT2D eigenvalue weighted by atomic mass is 19.1. The molecule has 0 amide bonds. The van der Waals surface area contributed by atoms with Crippen LogP contribution in [0.15, 0.2) is 36.0 Å². The van der Waals surface area contributed by atoms with Crippen LogP contribution in [0.4, 0.5) is 4.39 Å². The zero-order chi connectivity index (χ0) is 23.4. The van der Waals surface area contributed by atoms with E-state index in [4.69, 9.17) is 18.9 Å². The van der Waals surface area contributed by atoms with Crippen LogP contribution in [0.1, 0.15) is 37.4 Å².